The van der Waals surface area contributed by atoms with Gasteiger partial charge in [0.2, 0.25) is 0 Å². The van der Waals surface area contributed by atoms with Gasteiger partial charge in [-0.25, -0.2) is 4.39 Å². The lowest BCUT2D eigenvalue weighted by Gasteiger charge is -2.35. The summed E-state index contributed by atoms with van der Waals surface area (Å²) >= 11 is 0. The van der Waals surface area contributed by atoms with Crippen molar-refractivity contribution < 1.29 is 9.50 Å². The van der Waals surface area contributed by atoms with Crippen molar-refractivity contribution in [3.63, 3.8) is 0 Å². The molecular weight excluding hydrogens is 257 g/mol. The standard InChI is InChI=1S/C15H22FN3O/c16-14-9-11(15(17)18)4-5-12(14)10-19-7-2-1-3-13(19)6-8-20/h4-5,9,13,20H,1-3,6-8,10H2,(H3,17,18). The van der Waals surface area contributed by atoms with Gasteiger partial charge < -0.3 is 10.8 Å². The van der Waals surface area contributed by atoms with E-state index in [1.54, 1.807) is 12.1 Å². The minimum Gasteiger partial charge on any atom is -0.396 e. The predicted molar refractivity (Wildman–Crippen MR) is 77.2 cm³/mol. The molecule has 0 bridgehead atoms. The van der Waals surface area contributed by atoms with Crippen LogP contribution >= 0.6 is 0 Å². The molecule has 1 atom stereocenters. The zero-order chi connectivity index (χ0) is 14.5. The normalized spacial score (nSPS) is 20.0. The van der Waals surface area contributed by atoms with Gasteiger partial charge in [-0.15, -0.1) is 0 Å². The van der Waals surface area contributed by atoms with E-state index in [-0.39, 0.29) is 18.3 Å². The second-order valence-electron chi connectivity index (χ2n) is 5.35. The zero-order valence-electron chi connectivity index (χ0n) is 11.6. The minimum atomic E-state index is -0.314. The summed E-state index contributed by atoms with van der Waals surface area (Å²) in [5.74, 6) is -0.433. The lowest BCUT2D eigenvalue weighted by Crippen LogP contribution is -2.39. The summed E-state index contributed by atoms with van der Waals surface area (Å²) in [5.41, 5.74) is 6.40. The van der Waals surface area contributed by atoms with E-state index in [0.29, 0.717) is 23.7 Å². The maximum Gasteiger partial charge on any atom is 0.128 e. The zero-order valence-corrected chi connectivity index (χ0v) is 11.6. The molecule has 4 N–H and O–H groups in total. The van der Waals surface area contributed by atoms with E-state index in [1.165, 1.54) is 12.5 Å². The van der Waals surface area contributed by atoms with Crippen LogP contribution in [0.2, 0.25) is 0 Å². The SMILES string of the molecule is N=C(N)c1ccc(CN2CCCCC2CCO)c(F)c1. The Labute approximate surface area is 118 Å². The van der Waals surface area contributed by atoms with Crippen molar-refractivity contribution in [2.45, 2.75) is 38.3 Å². The molecule has 0 spiro atoms. The molecule has 1 heterocycles. The van der Waals surface area contributed by atoms with Crippen molar-refractivity contribution in [1.29, 1.82) is 5.41 Å². The van der Waals surface area contributed by atoms with E-state index in [2.05, 4.69) is 4.90 Å². The Morgan fingerprint density at radius 1 is 1.45 bits per heavy atom. The molecule has 0 radical (unpaired) electrons. The van der Waals surface area contributed by atoms with Crippen LogP contribution in [-0.2, 0) is 6.54 Å². The number of likely N-dealkylation sites (tertiary alicyclic amines) is 1. The van der Waals surface area contributed by atoms with Crippen LogP contribution < -0.4 is 5.73 Å². The largest absolute Gasteiger partial charge is 0.396 e. The number of hydrogen-bond acceptors (Lipinski definition) is 3. The Balaban J connectivity index is 2.09. The molecule has 110 valence electrons. The smallest absolute Gasteiger partial charge is 0.128 e. The predicted octanol–water partition coefficient (Wildman–Crippen LogP) is 1.85. The monoisotopic (exact) mass is 279 g/mol. The van der Waals surface area contributed by atoms with Crippen LogP contribution in [0.1, 0.15) is 36.8 Å². The van der Waals surface area contributed by atoms with E-state index in [4.69, 9.17) is 16.2 Å². The topological polar surface area (TPSA) is 73.3 Å². The quantitative estimate of drug-likeness (QED) is 0.569. The number of nitrogens with one attached hydrogen (secondary N) is 1. The second-order valence-corrected chi connectivity index (χ2v) is 5.35. The van der Waals surface area contributed by atoms with Crippen LogP contribution in [0.15, 0.2) is 18.2 Å². The molecule has 1 aliphatic heterocycles. The Kier molecular flexibility index (Phi) is 5.09. The number of nitrogen functional groups attached to an aromatic ring is 1. The Bertz CT molecular complexity index is 476. The van der Waals surface area contributed by atoms with Crippen LogP contribution in [0.4, 0.5) is 4.39 Å². The Morgan fingerprint density at radius 3 is 2.90 bits per heavy atom. The van der Waals surface area contributed by atoms with Gasteiger partial charge >= 0.3 is 0 Å². The molecule has 1 aliphatic rings. The lowest BCUT2D eigenvalue weighted by atomic mass is 9.98. The first-order valence-electron chi connectivity index (χ1n) is 7.09. The number of amidine groups is 1. The first kappa shape index (κ1) is 14.9. The molecule has 0 amide bonds. The van der Waals surface area contributed by atoms with Crippen molar-refractivity contribution in [3.05, 3.63) is 35.1 Å². The molecule has 1 aromatic rings. The fourth-order valence-corrected chi connectivity index (χ4v) is 2.81. The Morgan fingerprint density at radius 2 is 2.25 bits per heavy atom. The van der Waals surface area contributed by atoms with Gasteiger partial charge in [0.05, 0.1) is 0 Å². The number of hydrogen-bond donors (Lipinski definition) is 3. The molecule has 1 saturated heterocycles. The minimum absolute atomic E-state index is 0.119. The number of piperidine rings is 1. The second kappa shape index (κ2) is 6.81. The number of aliphatic hydroxyl groups is 1. The van der Waals surface area contributed by atoms with Crippen molar-refractivity contribution >= 4 is 5.84 Å². The van der Waals surface area contributed by atoms with Crippen LogP contribution in [-0.4, -0.2) is 35.0 Å². The molecule has 2 rings (SSSR count). The van der Waals surface area contributed by atoms with Gasteiger partial charge in [-0.1, -0.05) is 18.6 Å². The van der Waals surface area contributed by atoms with E-state index < -0.39 is 0 Å². The molecule has 1 unspecified atom stereocenters. The third-order valence-corrected chi connectivity index (χ3v) is 3.95. The summed E-state index contributed by atoms with van der Waals surface area (Å²) in [6.45, 7) is 1.67. The highest BCUT2D eigenvalue weighted by Gasteiger charge is 2.22. The third kappa shape index (κ3) is 3.55. The van der Waals surface area contributed by atoms with Gasteiger partial charge in [0.25, 0.3) is 0 Å². The van der Waals surface area contributed by atoms with Crippen LogP contribution in [0, 0.1) is 11.2 Å². The van der Waals surface area contributed by atoms with E-state index in [0.717, 1.165) is 25.8 Å². The van der Waals surface area contributed by atoms with E-state index in [1.807, 2.05) is 0 Å². The van der Waals surface area contributed by atoms with Gasteiger partial charge in [0, 0.05) is 30.3 Å². The van der Waals surface area contributed by atoms with Gasteiger partial charge in [-0.2, -0.15) is 0 Å². The van der Waals surface area contributed by atoms with Gasteiger partial charge in [-0.05, 0) is 31.9 Å². The van der Waals surface area contributed by atoms with Crippen LogP contribution in [0.5, 0.6) is 0 Å². The molecular formula is C15H22FN3O. The molecule has 20 heavy (non-hydrogen) atoms. The van der Waals surface area contributed by atoms with Crippen LogP contribution in [0.3, 0.4) is 0 Å². The highest BCUT2D eigenvalue weighted by atomic mass is 19.1. The number of halogens is 1. The fourth-order valence-electron chi connectivity index (χ4n) is 2.81. The maximum atomic E-state index is 14.1. The summed E-state index contributed by atoms with van der Waals surface area (Å²) in [6.07, 6.45) is 4.10. The van der Waals surface area contributed by atoms with Crippen molar-refractivity contribution in [3.8, 4) is 0 Å². The summed E-state index contributed by atoms with van der Waals surface area (Å²) in [5, 5.41) is 16.4. The highest BCUT2D eigenvalue weighted by Crippen LogP contribution is 2.23. The van der Waals surface area contributed by atoms with Gasteiger partial charge in [0.1, 0.15) is 11.7 Å². The molecule has 5 heteroatoms. The first-order chi connectivity index (χ1) is 9.61. The average Bonchev–Trinajstić information content (AvgIpc) is 2.43. The first-order valence-corrected chi connectivity index (χ1v) is 7.09. The van der Waals surface area contributed by atoms with Crippen LogP contribution in [0.25, 0.3) is 0 Å². The third-order valence-electron chi connectivity index (χ3n) is 3.95. The van der Waals surface area contributed by atoms with Crippen molar-refractivity contribution in [2.24, 2.45) is 5.73 Å². The van der Waals surface area contributed by atoms with Crippen molar-refractivity contribution in [2.75, 3.05) is 13.2 Å². The van der Waals surface area contributed by atoms with E-state index >= 15 is 0 Å². The summed E-state index contributed by atoms with van der Waals surface area (Å²) in [7, 11) is 0. The number of benzene rings is 1. The molecule has 4 nitrogen and oxygen atoms in total. The van der Waals surface area contributed by atoms with Gasteiger partial charge in [0.15, 0.2) is 0 Å². The molecule has 0 aromatic heterocycles. The summed E-state index contributed by atoms with van der Waals surface area (Å²) < 4.78 is 14.1. The van der Waals surface area contributed by atoms with Gasteiger partial charge in [-0.3, -0.25) is 10.3 Å². The summed E-state index contributed by atoms with van der Waals surface area (Å²) in [4.78, 5) is 2.24. The number of aliphatic hydroxyl groups excluding tert-OH is 1. The number of nitrogens with zero attached hydrogens (tertiary/aromatic N) is 1. The molecule has 1 aromatic carbocycles. The van der Waals surface area contributed by atoms with Crippen molar-refractivity contribution in [1.82, 2.24) is 4.90 Å². The number of rotatable bonds is 5. The maximum absolute atomic E-state index is 14.1. The number of nitrogens with two attached hydrogens (primary N) is 1. The average molecular weight is 279 g/mol. The highest BCUT2D eigenvalue weighted by molar-refractivity contribution is 5.94. The Hall–Kier alpha value is -1.46. The molecule has 1 fully saturated rings. The lowest BCUT2D eigenvalue weighted by molar-refractivity contribution is 0.111. The molecule has 0 saturated carbocycles. The summed E-state index contributed by atoms with van der Waals surface area (Å²) in [6, 6.07) is 5.05. The van der Waals surface area contributed by atoms with E-state index in [9.17, 15) is 4.39 Å². The molecule has 0 aliphatic carbocycles. The fraction of sp³-hybridized carbons (Fsp3) is 0.533.